The van der Waals surface area contributed by atoms with Crippen LogP contribution in [0.5, 0.6) is 5.88 Å². The van der Waals surface area contributed by atoms with Crippen molar-refractivity contribution in [2.75, 3.05) is 20.2 Å². The maximum absolute atomic E-state index is 10.9. The van der Waals surface area contributed by atoms with Gasteiger partial charge in [0.15, 0.2) is 0 Å². The standard InChI is InChI=1S/C18H20N2O2/c1-20-10-4-7-16(20)13-22-18-9-3-8-17(19-18)15-6-2-5-14(11-15)12-21/h2-3,5-6,8-9,11-12,16H,4,7,10,13H2,1H3/t16-/m1/s1. The topological polar surface area (TPSA) is 42.4 Å². The number of nitrogens with zero attached hydrogens (tertiary/aromatic N) is 2. The molecule has 1 saturated heterocycles. The molecule has 1 atom stereocenters. The molecule has 4 nitrogen and oxygen atoms in total. The number of aromatic nitrogens is 1. The lowest BCUT2D eigenvalue weighted by atomic mass is 10.1. The molecule has 1 aromatic heterocycles. The molecule has 1 aliphatic rings. The Morgan fingerprint density at radius 1 is 1.32 bits per heavy atom. The predicted molar refractivity (Wildman–Crippen MR) is 86.2 cm³/mol. The highest BCUT2D eigenvalue weighted by Crippen LogP contribution is 2.21. The van der Waals surface area contributed by atoms with Crippen LogP contribution in [0, 0.1) is 0 Å². The number of carbonyl (C=O) groups is 1. The zero-order valence-corrected chi connectivity index (χ0v) is 12.7. The zero-order valence-electron chi connectivity index (χ0n) is 12.7. The zero-order chi connectivity index (χ0) is 15.4. The molecule has 2 heterocycles. The fourth-order valence-corrected chi connectivity index (χ4v) is 2.80. The van der Waals surface area contributed by atoms with Crippen LogP contribution < -0.4 is 4.74 Å². The molecule has 22 heavy (non-hydrogen) atoms. The summed E-state index contributed by atoms with van der Waals surface area (Å²) in [6.07, 6.45) is 3.26. The number of hydrogen-bond acceptors (Lipinski definition) is 4. The van der Waals surface area contributed by atoms with E-state index in [0.29, 0.717) is 24.1 Å². The molecule has 4 heteroatoms. The van der Waals surface area contributed by atoms with E-state index in [1.54, 1.807) is 6.07 Å². The molecule has 0 saturated carbocycles. The number of ether oxygens (including phenoxy) is 1. The van der Waals surface area contributed by atoms with Crippen molar-refractivity contribution in [3.63, 3.8) is 0 Å². The Morgan fingerprint density at radius 2 is 2.18 bits per heavy atom. The van der Waals surface area contributed by atoms with E-state index < -0.39 is 0 Å². The number of benzene rings is 1. The lowest BCUT2D eigenvalue weighted by molar-refractivity contribution is 0.112. The third-order valence-electron chi connectivity index (χ3n) is 4.14. The smallest absolute Gasteiger partial charge is 0.213 e. The monoisotopic (exact) mass is 296 g/mol. The van der Waals surface area contributed by atoms with Crippen LogP contribution in [0.3, 0.4) is 0 Å². The van der Waals surface area contributed by atoms with E-state index in [2.05, 4.69) is 16.9 Å². The number of pyridine rings is 1. The first-order valence-electron chi connectivity index (χ1n) is 7.62. The third kappa shape index (κ3) is 3.34. The molecule has 0 bridgehead atoms. The van der Waals surface area contributed by atoms with Gasteiger partial charge in [-0.25, -0.2) is 4.98 Å². The van der Waals surface area contributed by atoms with E-state index in [1.807, 2.05) is 36.4 Å². The van der Waals surface area contributed by atoms with Crippen molar-refractivity contribution < 1.29 is 9.53 Å². The van der Waals surface area contributed by atoms with Crippen LogP contribution in [-0.4, -0.2) is 42.4 Å². The summed E-state index contributed by atoms with van der Waals surface area (Å²) in [7, 11) is 2.13. The molecular weight excluding hydrogens is 276 g/mol. The fraction of sp³-hybridized carbons (Fsp3) is 0.333. The van der Waals surface area contributed by atoms with E-state index in [0.717, 1.165) is 24.1 Å². The Hall–Kier alpha value is -2.20. The summed E-state index contributed by atoms with van der Waals surface area (Å²) in [4.78, 5) is 17.8. The van der Waals surface area contributed by atoms with Gasteiger partial charge in [-0.2, -0.15) is 0 Å². The van der Waals surface area contributed by atoms with Gasteiger partial charge in [0.05, 0.1) is 5.69 Å². The number of likely N-dealkylation sites (N-methyl/N-ethyl adjacent to an activating group) is 1. The summed E-state index contributed by atoms with van der Waals surface area (Å²) in [5.74, 6) is 0.634. The molecule has 0 amide bonds. The average molecular weight is 296 g/mol. The molecule has 0 radical (unpaired) electrons. The number of likely N-dealkylation sites (tertiary alicyclic amines) is 1. The van der Waals surface area contributed by atoms with Gasteiger partial charge >= 0.3 is 0 Å². The lowest BCUT2D eigenvalue weighted by Gasteiger charge is -2.19. The first-order valence-corrected chi connectivity index (χ1v) is 7.62. The largest absolute Gasteiger partial charge is 0.476 e. The maximum Gasteiger partial charge on any atom is 0.213 e. The molecule has 1 fully saturated rings. The molecule has 114 valence electrons. The van der Waals surface area contributed by atoms with Crippen molar-refractivity contribution in [2.24, 2.45) is 0 Å². The van der Waals surface area contributed by atoms with Crippen LogP contribution in [-0.2, 0) is 0 Å². The van der Waals surface area contributed by atoms with Gasteiger partial charge in [-0.3, -0.25) is 4.79 Å². The van der Waals surface area contributed by atoms with Crippen molar-refractivity contribution >= 4 is 6.29 Å². The number of rotatable bonds is 5. The van der Waals surface area contributed by atoms with Crippen LogP contribution in [0.4, 0.5) is 0 Å². The van der Waals surface area contributed by atoms with Crippen molar-refractivity contribution in [2.45, 2.75) is 18.9 Å². The molecule has 0 spiro atoms. The van der Waals surface area contributed by atoms with Crippen LogP contribution in [0.25, 0.3) is 11.3 Å². The van der Waals surface area contributed by atoms with E-state index >= 15 is 0 Å². The van der Waals surface area contributed by atoms with Crippen molar-refractivity contribution in [1.82, 2.24) is 9.88 Å². The van der Waals surface area contributed by atoms with Crippen molar-refractivity contribution in [1.29, 1.82) is 0 Å². The van der Waals surface area contributed by atoms with Crippen LogP contribution in [0.15, 0.2) is 42.5 Å². The normalized spacial score (nSPS) is 18.3. The predicted octanol–water partition coefficient (Wildman–Crippen LogP) is 3.03. The minimum atomic E-state index is 0.476. The van der Waals surface area contributed by atoms with Gasteiger partial charge in [0.2, 0.25) is 5.88 Å². The van der Waals surface area contributed by atoms with Gasteiger partial charge in [-0.05, 0) is 38.6 Å². The van der Waals surface area contributed by atoms with E-state index in [-0.39, 0.29) is 0 Å². The summed E-state index contributed by atoms with van der Waals surface area (Å²) in [6.45, 7) is 1.81. The molecule has 0 N–H and O–H groups in total. The Kier molecular flexibility index (Phi) is 4.49. The van der Waals surface area contributed by atoms with Gasteiger partial charge in [-0.1, -0.05) is 24.3 Å². The maximum atomic E-state index is 10.9. The van der Waals surface area contributed by atoms with E-state index in [1.165, 1.54) is 12.8 Å². The Morgan fingerprint density at radius 3 is 2.95 bits per heavy atom. The quantitative estimate of drug-likeness (QED) is 0.795. The van der Waals surface area contributed by atoms with Crippen LogP contribution in [0.1, 0.15) is 23.2 Å². The van der Waals surface area contributed by atoms with Crippen molar-refractivity contribution in [3.05, 3.63) is 48.0 Å². The van der Waals surface area contributed by atoms with Crippen LogP contribution in [0.2, 0.25) is 0 Å². The Balaban J connectivity index is 1.73. The molecular formula is C18H20N2O2. The minimum absolute atomic E-state index is 0.476. The first kappa shape index (κ1) is 14.7. The fourth-order valence-electron chi connectivity index (χ4n) is 2.80. The lowest BCUT2D eigenvalue weighted by Crippen LogP contribution is -2.30. The molecule has 3 rings (SSSR count). The van der Waals surface area contributed by atoms with Crippen LogP contribution >= 0.6 is 0 Å². The highest BCUT2D eigenvalue weighted by atomic mass is 16.5. The summed E-state index contributed by atoms with van der Waals surface area (Å²) in [5.41, 5.74) is 2.40. The summed E-state index contributed by atoms with van der Waals surface area (Å²) in [5, 5.41) is 0. The average Bonchev–Trinajstić information content (AvgIpc) is 2.98. The Labute approximate surface area is 130 Å². The summed E-state index contributed by atoms with van der Waals surface area (Å²) >= 11 is 0. The second-order valence-corrected chi connectivity index (χ2v) is 5.69. The molecule has 1 aliphatic heterocycles. The number of hydrogen-bond donors (Lipinski definition) is 0. The second-order valence-electron chi connectivity index (χ2n) is 5.69. The van der Waals surface area contributed by atoms with Crippen molar-refractivity contribution in [3.8, 4) is 17.1 Å². The SMILES string of the molecule is CN1CCC[C@@H]1COc1cccc(-c2cccc(C=O)c2)n1. The highest BCUT2D eigenvalue weighted by Gasteiger charge is 2.21. The molecule has 2 aromatic rings. The number of aldehydes is 1. The second kappa shape index (κ2) is 6.71. The van der Waals surface area contributed by atoms with Gasteiger partial charge in [0.1, 0.15) is 12.9 Å². The summed E-state index contributed by atoms with van der Waals surface area (Å²) < 4.78 is 5.86. The molecule has 1 aromatic carbocycles. The number of carbonyl (C=O) groups excluding carboxylic acids is 1. The van der Waals surface area contributed by atoms with E-state index in [4.69, 9.17) is 4.74 Å². The van der Waals surface area contributed by atoms with Gasteiger partial charge in [0, 0.05) is 23.2 Å². The first-order chi connectivity index (χ1) is 10.8. The highest BCUT2D eigenvalue weighted by molar-refractivity contribution is 5.78. The third-order valence-corrected chi connectivity index (χ3v) is 4.14. The molecule has 0 unspecified atom stereocenters. The van der Waals surface area contributed by atoms with E-state index in [9.17, 15) is 4.79 Å². The summed E-state index contributed by atoms with van der Waals surface area (Å²) in [6, 6.07) is 13.6. The minimum Gasteiger partial charge on any atom is -0.476 e. The van der Waals surface area contributed by atoms with Gasteiger partial charge in [-0.15, -0.1) is 0 Å². The van der Waals surface area contributed by atoms with Gasteiger partial charge in [0.25, 0.3) is 0 Å². The Bertz CT molecular complexity index is 657. The van der Waals surface area contributed by atoms with Gasteiger partial charge < -0.3 is 9.64 Å². The molecule has 0 aliphatic carbocycles.